The highest BCUT2D eigenvalue weighted by molar-refractivity contribution is 6.00. The van der Waals surface area contributed by atoms with Crippen LogP contribution in [0.2, 0.25) is 0 Å². The smallest absolute Gasteiger partial charge is 0.326 e. The first-order valence-electron chi connectivity index (χ1n) is 32.5. The van der Waals surface area contributed by atoms with Gasteiger partial charge < -0.3 is 101 Å². The molecule has 0 aromatic heterocycles. The molecule has 0 spiro atoms. The minimum absolute atomic E-state index is 0.00962. The Bertz CT molecular complexity index is 3160. The molecule has 2 saturated heterocycles. The van der Waals surface area contributed by atoms with Crippen LogP contribution in [0.25, 0.3) is 0 Å². The second kappa shape index (κ2) is 39.4. The van der Waals surface area contributed by atoms with E-state index in [1.807, 2.05) is 0 Å². The Balaban J connectivity index is 1.45. The number of nitrogens with one attached hydrogen (secondary N) is 9. The minimum Gasteiger partial charge on any atom is -0.508 e. The number of carbonyl (C=O) groups is 15. The van der Waals surface area contributed by atoms with Crippen molar-refractivity contribution in [1.82, 2.24) is 57.7 Å². The number of aliphatic hydroxyl groups is 1. The maximum absolute atomic E-state index is 14.5. The first-order valence-corrected chi connectivity index (χ1v) is 32.5. The average Bonchev–Trinajstić information content (AvgIpc) is 1.58. The van der Waals surface area contributed by atoms with E-state index in [0.717, 1.165) is 0 Å². The van der Waals surface area contributed by atoms with Gasteiger partial charge in [-0.1, -0.05) is 56.3 Å². The summed E-state index contributed by atoms with van der Waals surface area (Å²) in [5, 5.41) is 62.2. The molecule has 0 aliphatic carbocycles. The first kappa shape index (κ1) is 80.6. The highest BCUT2D eigenvalue weighted by Crippen LogP contribution is 2.27. The summed E-state index contributed by atoms with van der Waals surface area (Å²) in [5.41, 5.74) is 23.3. The van der Waals surface area contributed by atoms with Crippen LogP contribution in [-0.4, -0.2) is 217 Å². The van der Waals surface area contributed by atoms with E-state index < -0.39 is 199 Å². The molecule has 0 unspecified atom stereocenters. The standard InChI is InChI=1S/C64H95N15O19/c1-33(2)51(76-60(93)46-16-11-29-78(46)62(95)47-17-12-30-79(47)63(96)52(36(5)80)77-59(92)45(31-37-13-7-6-8-14-37)75-55(88)40(66)22-27-50(84)85)61(94)72-41(23-25-48(67)82)56(89)70-34(3)53(86)69-35(4)54(87)74-44(32-38-18-20-39(81)21-19-38)58(91)71-42(24-26-49(68)83)57(90)73-43(64(97)98)15-9-10-28-65/h6-8,13-14,18-21,33-36,40-47,51-52,80-81H,9-12,15-17,22-32,65-66H2,1-5H3,(H2,67,82)(H2,68,83)(H,69,86)(H,70,89)(H,71,91)(H,72,94)(H,73,90)(H,74,87)(H,75,88)(H,76,93)(H,77,92)(H,84,85)(H,97,98)/t34-,35-,36+,40-,41-,42-,43-,44-,45-,46-,47-,51-,52-/m0/s1. The van der Waals surface area contributed by atoms with Gasteiger partial charge >= 0.3 is 11.9 Å². The van der Waals surface area contributed by atoms with Gasteiger partial charge in [0.25, 0.3) is 0 Å². The number of primary amides is 2. The van der Waals surface area contributed by atoms with Crippen molar-refractivity contribution in [3.8, 4) is 5.75 Å². The zero-order chi connectivity index (χ0) is 73.1. The SMILES string of the molecule is CC(C)[C@H](NC(=O)[C@@H]1CCCN1C(=O)[C@@H]1CCCN1C(=O)[C@@H](NC(=O)[C@H](Cc1ccccc1)NC(=O)[C@@H](N)CCC(=O)O)[C@@H](C)O)C(=O)N[C@@H](CCC(N)=O)C(=O)N[C@@H](C)C(=O)N[C@@H](C)C(=O)N[C@@H](Cc1ccc(O)cc1)C(=O)N[C@@H](CCC(N)=O)C(=O)N[C@@H](CCCCN)C(=O)O. The molecule has 0 bridgehead atoms. The van der Waals surface area contributed by atoms with Gasteiger partial charge in [0, 0.05) is 45.2 Å². The number of carbonyl (C=O) groups excluding carboxylic acids is 13. The van der Waals surface area contributed by atoms with Crippen molar-refractivity contribution in [2.45, 2.75) is 210 Å². The molecule has 21 N–H and O–H groups in total. The van der Waals surface area contributed by atoms with Gasteiger partial charge in [-0.15, -0.1) is 0 Å². The molecule has 98 heavy (non-hydrogen) atoms. The molecule has 13 atom stereocenters. The predicted octanol–water partition coefficient (Wildman–Crippen LogP) is -4.46. The van der Waals surface area contributed by atoms with E-state index in [1.165, 1.54) is 54.8 Å². The van der Waals surface area contributed by atoms with Crippen LogP contribution >= 0.6 is 0 Å². The Morgan fingerprint density at radius 2 is 0.969 bits per heavy atom. The number of hydrogen-bond acceptors (Lipinski definition) is 19. The summed E-state index contributed by atoms with van der Waals surface area (Å²) < 4.78 is 0. The number of hydrogen-bond donors (Lipinski definition) is 17. The lowest BCUT2D eigenvalue weighted by Gasteiger charge is -2.34. The van der Waals surface area contributed by atoms with Crippen LogP contribution in [0.15, 0.2) is 54.6 Å². The van der Waals surface area contributed by atoms with Gasteiger partial charge in [-0.2, -0.15) is 0 Å². The minimum atomic E-state index is -1.64. The summed E-state index contributed by atoms with van der Waals surface area (Å²) in [7, 11) is 0. The quantitative estimate of drug-likeness (QED) is 0.0280. The third-order valence-corrected chi connectivity index (χ3v) is 16.6. The summed E-state index contributed by atoms with van der Waals surface area (Å²) in [6, 6.07) is -3.01. The number of aromatic hydroxyl groups is 1. The van der Waals surface area contributed by atoms with Gasteiger partial charge in [-0.05, 0) is 121 Å². The number of phenols is 1. The topological polar surface area (TPSA) is 556 Å². The second-order valence-corrected chi connectivity index (χ2v) is 24.8. The molecule has 2 aliphatic heterocycles. The second-order valence-electron chi connectivity index (χ2n) is 24.8. The van der Waals surface area contributed by atoms with Gasteiger partial charge in [0.1, 0.15) is 72.2 Å². The normalized spacial score (nSPS) is 17.6. The monoisotopic (exact) mass is 1380 g/mol. The van der Waals surface area contributed by atoms with E-state index in [4.69, 9.17) is 28.0 Å². The summed E-state index contributed by atoms with van der Waals surface area (Å²) in [6.45, 7) is 7.20. The van der Waals surface area contributed by atoms with Crippen LogP contribution in [0.1, 0.15) is 129 Å². The van der Waals surface area contributed by atoms with Gasteiger partial charge in [-0.3, -0.25) is 67.1 Å². The predicted molar refractivity (Wildman–Crippen MR) is 349 cm³/mol. The number of unbranched alkanes of at least 4 members (excludes halogenated alkanes) is 1. The van der Waals surface area contributed by atoms with E-state index in [1.54, 1.807) is 44.2 Å². The zero-order valence-electron chi connectivity index (χ0n) is 55.6. The Hall–Kier alpha value is -9.83. The molecule has 2 fully saturated rings. The largest absolute Gasteiger partial charge is 0.508 e. The number of likely N-dealkylation sites (tertiary alicyclic amines) is 2. The fourth-order valence-corrected chi connectivity index (χ4v) is 11.0. The van der Waals surface area contributed by atoms with Crippen molar-refractivity contribution in [1.29, 1.82) is 0 Å². The number of carboxylic acid groups (broad SMARTS) is 2. The number of carboxylic acids is 2. The van der Waals surface area contributed by atoms with Crippen molar-refractivity contribution >= 4 is 88.7 Å². The first-order chi connectivity index (χ1) is 46.2. The number of amides is 13. The number of aliphatic hydroxyl groups excluding tert-OH is 1. The number of nitrogens with two attached hydrogens (primary N) is 4. The number of rotatable bonds is 40. The Morgan fingerprint density at radius 3 is 1.50 bits per heavy atom. The van der Waals surface area contributed by atoms with Crippen molar-refractivity contribution in [2.75, 3.05) is 19.6 Å². The number of benzene rings is 2. The summed E-state index contributed by atoms with van der Waals surface area (Å²) in [5.74, 6) is -14.9. The molecular weight excluding hydrogens is 1280 g/mol. The lowest BCUT2D eigenvalue weighted by Crippen LogP contribution is -2.61. The maximum atomic E-state index is 14.5. The summed E-state index contributed by atoms with van der Waals surface area (Å²) >= 11 is 0. The number of aliphatic carboxylic acids is 2. The number of phenolic OH excluding ortho intramolecular Hbond substituents is 1. The number of nitrogens with zero attached hydrogens (tertiary/aromatic N) is 2. The van der Waals surface area contributed by atoms with E-state index >= 15 is 0 Å². The lowest BCUT2D eigenvalue weighted by atomic mass is 10.0. The van der Waals surface area contributed by atoms with Crippen LogP contribution in [0, 0.1) is 5.92 Å². The van der Waals surface area contributed by atoms with Crippen molar-refractivity contribution in [3.63, 3.8) is 0 Å². The van der Waals surface area contributed by atoms with Gasteiger partial charge in [0.05, 0.1) is 12.1 Å². The van der Waals surface area contributed by atoms with Crippen molar-refractivity contribution in [3.05, 3.63) is 65.7 Å². The molecule has 0 saturated carbocycles. The molecule has 4 rings (SSSR count). The van der Waals surface area contributed by atoms with Gasteiger partial charge in [0.15, 0.2) is 0 Å². The third kappa shape index (κ3) is 25.6. The van der Waals surface area contributed by atoms with E-state index in [9.17, 15) is 87.2 Å². The van der Waals surface area contributed by atoms with Gasteiger partial charge in [-0.25, -0.2) is 4.79 Å². The maximum Gasteiger partial charge on any atom is 0.326 e. The summed E-state index contributed by atoms with van der Waals surface area (Å²) in [4.78, 5) is 203. The molecule has 34 heteroatoms. The molecule has 0 radical (unpaired) electrons. The molecule has 2 aromatic carbocycles. The third-order valence-electron chi connectivity index (χ3n) is 16.6. The highest BCUT2D eigenvalue weighted by Gasteiger charge is 2.46. The van der Waals surface area contributed by atoms with E-state index in [-0.39, 0.29) is 70.3 Å². The van der Waals surface area contributed by atoms with Crippen LogP contribution in [0.4, 0.5) is 0 Å². The van der Waals surface area contributed by atoms with Gasteiger partial charge in [0.2, 0.25) is 76.8 Å². The fraction of sp³-hybridized carbons (Fsp3) is 0.578. The molecule has 540 valence electrons. The molecular formula is C64H95N15O19. The van der Waals surface area contributed by atoms with Crippen molar-refractivity contribution < 1.29 is 92.3 Å². The van der Waals surface area contributed by atoms with Crippen LogP contribution in [-0.2, 0) is 84.8 Å². The van der Waals surface area contributed by atoms with Crippen LogP contribution in [0.3, 0.4) is 0 Å². The Morgan fingerprint density at radius 1 is 0.500 bits per heavy atom. The molecule has 2 aromatic rings. The van der Waals surface area contributed by atoms with Crippen LogP contribution in [0.5, 0.6) is 5.75 Å². The average molecular weight is 1380 g/mol. The molecule has 2 heterocycles. The van der Waals surface area contributed by atoms with E-state index in [2.05, 4.69) is 47.9 Å². The lowest BCUT2D eigenvalue weighted by molar-refractivity contribution is -0.149. The highest BCUT2D eigenvalue weighted by atomic mass is 16.4. The molecule has 2 aliphatic rings. The molecule has 34 nitrogen and oxygen atoms in total. The van der Waals surface area contributed by atoms with Crippen molar-refractivity contribution in [2.24, 2.45) is 28.9 Å². The summed E-state index contributed by atoms with van der Waals surface area (Å²) in [6.07, 6.45) is -2.54. The Labute approximate surface area is 566 Å². The molecule has 13 amide bonds. The Kier molecular flexibility index (Phi) is 32.4. The van der Waals surface area contributed by atoms with E-state index in [0.29, 0.717) is 36.8 Å². The zero-order valence-corrected chi connectivity index (χ0v) is 55.6. The van der Waals surface area contributed by atoms with Crippen LogP contribution < -0.4 is 70.8 Å². The fourth-order valence-electron chi connectivity index (χ4n) is 11.0.